The summed E-state index contributed by atoms with van der Waals surface area (Å²) in [4.78, 5) is 4.73. The first-order valence-corrected chi connectivity index (χ1v) is 8.42. The number of ether oxygens (including phenoxy) is 1. The summed E-state index contributed by atoms with van der Waals surface area (Å²) in [5.41, 5.74) is 2.92. The maximum atomic E-state index is 5.85. The Morgan fingerprint density at radius 2 is 2.04 bits per heavy atom. The molecule has 0 unspecified atom stereocenters. The molecule has 0 saturated carbocycles. The predicted octanol–water partition coefficient (Wildman–Crippen LogP) is 2.57. The van der Waals surface area contributed by atoms with Crippen molar-refractivity contribution < 1.29 is 4.74 Å². The Hall–Kier alpha value is -2.60. The van der Waals surface area contributed by atoms with Crippen molar-refractivity contribution in [2.75, 3.05) is 31.6 Å². The zero-order chi connectivity index (χ0) is 16.2. The molecule has 0 fully saturated rings. The van der Waals surface area contributed by atoms with E-state index < -0.39 is 0 Å². The molecule has 4 bridgehead atoms. The standard InChI is InChI=1S/C18H21N5O/c1-2-8-20-17-6-10-23-18(22-17)16(13-21-23)14-4-3-5-15(12-14)24-11-9-19-7-1/h3-6,10,12-13,19H,1-2,7-9,11H2,(H,20,22). The monoisotopic (exact) mass is 323 g/mol. The highest BCUT2D eigenvalue weighted by Crippen LogP contribution is 2.27. The first kappa shape index (κ1) is 15.0. The molecule has 6 nitrogen and oxygen atoms in total. The molecule has 0 aliphatic carbocycles. The van der Waals surface area contributed by atoms with Crippen LogP contribution in [0.1, 0.15) is 12.8 Å². The molecular formula is C18H21N5O. The average Bonchev–Trinajstić information content (AvgIpc) is 3.03. The maximum Gasteiger partial charge on any atom is 0.165 e. The molecule has 2 N–H and O–H groups in total. The molecule has 124 valence electrons. The summed E-state index contributed by atoms with van der Waals surface area (Å²) in [6.07, 6.45) is 6.03. The summed E-state index contributed by atoms with van der Waals surface area (Å²) in [5, 5.41) is 11.2. The van der Waals surface area contributed by atoms with E-state index in [1.165, 1.54) is 0 Å². The lowest BCUT2D eigenvalue weighted by molar-refractivity contribution is 0.314. The Morgan fingerprint density at radius 3 is 3.04 bits per heavy atom. The molecule has 3 heterocycles. The summed E-state index contributed by atoms with van der Waals surface area (Å²) in [6, 6.07) is 10.1. The Labute approximate surface area is 140 Å². The first-order chi connectivity index (χ1) is 11.9. The molecule has 4 rings (SSSR count). The number of rotatable bonds is 0. The number of hydrogen-bond donors (Lipinski definition) is 2. The van der Waals surface area contributed by atoms with Crippen LogP contribution in [0.5, 0.6) is 5.75 Å². The van der Waals surface area contributed by atoms with Crippen LogP contribution in [-0.2, 0) is 0 Å². The predicted molar refractivity (Wildman–Crippen MR) is 94.5 cm³/mol. The van der Waals surface area contributed by atoms with Crippen LogP contribution in [0.2, 0.25) is 0 Å². The molecule has 2 aromatic heterocycles. The van der Waals surface area contributed by atoms with Gasteiger partial charge in [-0.3, -0.25) is 0 Å². The number of hydrogen-bond acceptors (Lipinski definition) is 5. The lowest BCUT2D eigenvalue weighted by Crippen LogP contribution is -2.22. The minimum Gasteiger partial charge on any atom is -0.492 e. The van der Waals surface area contributed by atoms with Gasteiger partial charge in [0, 0.05) is 24.8 Å². The van der Waals surface area contributed by atoms with Crippen LogP contribution in [0.15, 0.2) is 42.7 Å². The van der Waals surface area contributed by atoms with Crippen LogP contribution < -0.4 is 15.4 Å². The molecule has 0 spiro atoms. The summed E-state index contributed by atoms with van der Waals surface area (Å²) in [5.74, 6) is 1.76. The van der Waals surface area contributed by atoms with Gasteiger partial charge >= 0.3 is 0 Å². The highest BCUT2D eigenvalue weighted by Gasteiger charge is 2.10. The molecule has 1 aliphatic rings. The summed E-state index contributed by atoms with van der Waals surface area (Å²) in [7, 11) is 0. The number of aromatic nitrogens is 3. The minimum absolute atomic E-state index is 0.666. The summed E-state index contributed by atoms with van der Waals surface area (Å²) in [6.45, 7) is 3.44. The average molecular weight is 323 g/mol. The quantitative estimate of drug-likeness (QED) is 0.666. The molecule has 1 aromatic carbocycles. The van der Waals surface area contributed by atoms with Crippen molar-refractivity contribution >= 4 is 11.5 Å². The van der Waals surface area contributed by atoms with Gasteiger partial charge in [0.2, 0.25) is 0 Å². The van der Waals surface area contributed by atoms with Crippen molar-refractivity contribution in [1.82, 2.24) is 19.9 Å². The minimum atomic E-state index is 0.666. The van der Waals surface area contributed by atoms with E-state index in [0.717, 1.165) is 60.8 Å². The van der Waals surface area contributed by atoms with Gasteiger partial charge in [-0.05, 0) is 43.1 Å². The van der Waals surface area contributed by atoms with Crippen LogP contribution in [0.4, 0.5) is 5.82 Å². The number of nitrogens with zero attached hydrogens (tertiary/aromatic N) is 3. The number of benzene rings is 1. The first-order valence-electron chi connectivity index (χ1n) is 8.42. The Bertz CT molecular complexity index is 829. The van der Waals surface area contributed by atoms with E-state index in [1.54, 1.807) is 4.52 Å². The van der Waals surface area contributed by atoms with Gasteiger partial charge in [-0.2, -0.15) is 5.10 Å². The van der Waals surface area contributed by atoms with E-state index in [9.17, 15) is 0 Å². The number of nitrogens with one attached hydrogen (secondary N) is 2. The lowest BCUT2D eigenvalue weighted by atomic mass is 10.1. The Morgan fingerprint density at radius 1 is 1.08 bits per heavy atom. The van der Waals surface area contributed by atoms with Gasteiger partial charge in [0.15, 0.2) is 5.65 Å². The van der Waals surface area contributed by atoms with Crippen molar-refractivity contribution in [2.24, 2.45) is 0 Å². The molecule has 0 amide bonds. The van der Waals surface area contributed by atoms with Crippen molar-refractivity contribution in [1.29, 1.82) is 0 Å². The second-order valence-corrected chi connectivity index (χ2v) is 5.90. The van der Waals surface area contributed by atoms with Gasteiger partial charge in [0.1, 0.15) is 18.2 Å². The fourth-order valence-electron chi connectivity index (χ4n) is 2.88. The molecule has 0 saturated heterocycles. The third-order valence-electron chi connectivity index (χ3n) is 4.15. The van der Waals surface area contributed by atoms with Crippen molar-refractivity contribution in [2.45, 2.75) is 12.8 Å². The van der Waals surface area contributed by atoms with Crippen LogP contribution >= 0.6 is 0 Å². The lowest BCUT2D eigenvalue weighted by Gasteiger charge is -2.10. The van der Waals surface area contributed by atoms with Gasteiger partial charge in [0.25, 0.3) is 0 Å². The van der Waals surface area contributed by atoms with Crippen molar-refractivity contribution in [3.05, 3.63) is 42.7 Å². The highest BCUT2D eigenvalue weighted by atomic mass is 16.5. The van der Waals surface area contributed by atoms with Gasteiger partial charge in [0.05, 0.1) is 6.20 Å². The fourth-order valence-corrected chi connectivity index (χ4v) is 2.88. The molecule has 0 atom stereocenters. The highest BCUT2D eigenvalue weighted by molar-refractivity contribution is 5.78. The van der Waals surface area contributed by atoms with Gasteiger partial charge < -0.3 is 15.4 Å². The zero-order valence-corrected chi connectivity index (χ0v) is 13.5. The smallest absolute Gasteiger partial charge is 0.165 e. The SMILES string of the molecule is c1cc2cc(c1)-c1cnn3ccc(nc13)NCCCCNCCO2. The second-order valence-electron chi connectivity index (χ2n) is 5.90. The molecule has 24 heavy (non-hydrogen) atoms. The molecule has 6 heteroatoms. The second kappa shape index (κ2) is 6.88. The number of anilines is 1. The molecule has 1 aliphatic heterocycles. The van der Waals surface area contributed by atoms with E-state index in [4.69, 9.17) is 9.72 Å². The van der Waals surface area contributed by atoms with Crippen LogP contribution in [0, 0.1) is 0 Å². The van der Waals surface area contributed by atoms with Crippen LogP contribution in [-0.4, -0.2) is 40.8 Å². The third-order valence-corrected chi connectivity index (χ3v) is 4.15. The van der Waals surface area contributed by atoms with E-state index in [2.05, 4.69) is 21.8 Å². The van der Waals surface area contributed by atoms with Crippen molar-refractivity contribution in [3.63, 3.8) is 0 Å². The summed E-state index contributed by atoms with van der Waals surface area (Å²) < 4.78 is 7.66. The largest absolute Gasteiger partial charge is 0.492 e. The van der Waals surface area contributed by atoms with Gasteiger partial charge in [-0.25, -0.2) is 9.50 Å². The van der Waals surface area contributed by atoms with Crippen LogP contribution in [0.3, 0.4) is 0 Å². The molecular weight excluding hydrogens is 302 g/mol. The Kier molecular flexibility index (Phi) is 4.29. The van der Waals surface area contributed by atoms with E-state index >= 15 is 0 Å². The molecule has 0 radical (unpaired) electrons. The van der Waals surface area contributed by atoms with Gasteiger partial charge in [-0.1, -0.05) is 12.1 Å². The van der Waals surface area contributed by atoms with E-state index in [1.807, 2.05) is 36.7 Å². The van der Waals surface area contributed by atoms with Crippen molar-refractivity contribution in [3.8, 4) is 16.9 Å². The normalized spacial score (nSPS) is 15.8. The maximum absolute atomic E-state index is 5.85. The van der Waals surface area contributed by atoms with Crippen LogP contribution in [0.25, 0.3) is 16.8 Å². The number of fused-ring (bicyclic) bond motifs is 4. The Balaban J connectivity index is 1.73. The van der Waals surface area contributed by atoms with E-state index in [0.29, 0.717) is 6.61 Å². The van der Waals surface area contributed by atoms with E-state index in [-0.39, 0.29) is 0 Å². The summed E-state index contributed by atoms with van der Waals surface area (Å²) >= 11 is 0. The van der Waals surface area contributed by atoms with Gasteiger partial charge in [-0.15, -0.1) is 0 Å². The topological polar surface area (TPSA) is 63.5 Å². The zero-order valence-electron chi connectivity index (χ0n) is 13.5. The molecule has 3 aromatic rings. The third kappa shape index (κ3) is 3.19. The fraction of sp³-hybridized carbons (Fsp3) is 0.333.